The predicted octanol–water partition coefficient (Wildman–Crippen LogP) is 3.86. The van der Waals surface area contributed by atoms with Gasteiger partial charge >= 0.3 is 12.0 Å². The van der Waals surface area contributed by atoms with Gasteiger partial charge in [0.05, 0.1) is 24.4 Å². The zero-order chi connectivity index (χ0) is 19.3. The summed E-state index contributed by atoms with van der Waals surface area (Å²) in [4.78, 5) is 26.6. The van der Waals surface area contributed by atoms with Gasteiger partial charge in [-0.05, 0) is 56.2 Å². The number of fused-ring (bicyclic) bond motifs is 4. The first-order chi connectivity index (χ1) is 12.8. The van der Waals surface area contributed by atoms with Gasteiger partial charge in [0.15, 0.2) is 5.72 Å². The number of nitrogens with one attached hydrogen (secondary N) is 1. The van der Waals surface area contributed by atoms with Crippen LogP contribution in [0.5, 0.6) is 5.75 Å². The molecule has 0 unspecified atom stereocenters. The molecule has 2 atom stereocenters. The van der Waals surface area contributed by atoms with E-state index in [-0.39, 0.29) is 12.1 Å². The fraction of sp³-hybridized carbons (Fsp3) is 0.333. The predicted molar refractivity (Wildman–Crippen MR) is 101 cm³/mol. The van der Waals surface area contributed by atoms with Crippen molar-refractivity contribution in [2.45, 2.75) is 39.0 Å². The molecule has 6 heteroatoms. The van der Waals surface area contributed by atoms with Crippen LogP contribution in [0.1, 0.15) is 46.4 Å². The molecule has 1 N–H and O–H groups in total. The maximum Gasteiger partial charge on any atom is 0.337 e. The second kappa shape index (κ2) is 6.01. The van der Waals surface area contributed by atoms with E-state index in [1.165, 1.54) is 7.11 Å². The number of methoxy groups -OCH3 is 1. The molecule has 4 rings (SSSR count). The Morgan fingerprint density at radius 2 is 2.04 bits per heavy atom. The summed E-state index contributed by atoms with van der Waals surface area (Å²) in [6, 6.07) is 10.8. The number of benzene rings is 2. The highest BCUT2D eigenvalue weighted by Crippen LogP contribution is 2.46. The Balaban J connectivity index is 1.78. The molecule has 2 aromatic rings. The minimum atomic E-state index is -0.814. The molecule has 1 fully saturated rings. The second-order valence-electron chi connectivity index (χ2n) is 7.35. The van der Waals surface area contributed by atoms with Crippen LogP contribution in [0.2, 0.25) is 0 Å². The molecule has 1 saturated heterocycles. The van der Waals surface area contributed by atoms with Crippen molar-refractivity contribution in [2.24, 2.45) is 0 Å². The van der Waals surface area contributed by atoms with Crippen LogP contribution in [0.25, 0.3) is 0 Å². The van der Waals surface area contributed by atoms with Crippen LogP contribution < -0.4 is 15.0 Å². The molecule has 140 valence electrons. The van der Waals surface area contributed by atoms with Crippen molar-refractivity contribution in [3.8, 4) is 5.75 Å². The maximum absolute atomic E-state index is 13.0. The van der Waals surface area contributed by atoms with Gasteiger partial charge in [-0.2, -0.15) is 0 Å². The Labute approximate surface area is 158 Å². The minimum absolute atomic E-state index is 0.212. The topological polar surface area (TPSA) is 67.9 Å². The smallest absolute Gasteiger partial charge is 0.337 e. The molecule has 6 nitrogen and oxygen atoms in total. The third-order valence-corrected chi connectivity index (χ3v) is 5.30. The Bertz CT molecular complexity index is 955. The average Bonchev–Trinajstić information content (AvgIpc) is 2.63. The van der Waals surface area contributed by atoms with Crippen molar-refractivity contribution in [3.63, 3.8) is 0 Å². The third kappa shape index (κ3) is 2.72. The van der Waals surface area contributed by atoms with Gasteiger partial charge in [0.2, 0.25) is 0 Å². The number of ether oxygens (including phenoxy) is 2. The fourth-order valence-corrected chi connectivity index (χ4v) is 3.94. The van der Waals surface area contributed by atoms with Crippen molar-refractivity contribution in [2.75, 3.05) is 12.0 Å². The standard InChI is InChI=1S/C21H22N2O4/c1-12-5-6-13(2)17(9-12)23-20(25)22-16-11-21(23,3)27-18-8-7-14(10-15(16)18)19(24)26-4/h5-10,16H,11H2,1-4H3,(H,22,25)/t16-,21-/m1/s1. The van der Waals surface area contributed by atoms with E-state index in [4.69, 9.17) is 9.47 Å². The van der Waals surface area contributed by atoms with E-state index in [1.807, 2.05) is 39.0 Å². The number of carbonyl (C=O) groups is 2. The monoisotopic (exact) mass is 366 g/mol. The SMILES string of the molecule is COC(=O)c1ccc2c(c1)[C@H]1C[C@@](C)(O2)N(c2cc(C)ccc2C)C(=O)N1. The van der Waals surface area contributed by atoms with Gasteiger partial charge in [0.1, 0.15) is 5.75 Å². The van der Waals surface area contributed by atoms with Crippen LogP contribution in [0.3, 0.4) is 0 Å². The molecule has 2 bridgehead atoms. The largest absolute Gasteiger partial charge is 0.467 e. The van der Waals surface area contributed by atoms with Crippen molar-refractivity contribution >= 4 is 17.7 Å². The molecule has 2 heterocycles. The number of esters is 1. The fourth-order valence-electron chi connectivity index (χ4n) is 3.94. The van der Waals surface area contributed by atoms with Crippen LogP contribution in [-0.4, -0.2) is 24.8 Å². The molecule has 0 aliphatic carbocycles. The Morgan fingerprint density at radius 1 is 1.26 bits per heavy atom. The lowest BCUT2D eigenvalue weighted by molar-refractivity contribution is 0.0376. The molecule has 2 aromatic carbocycles. The number of carbonyl (C=O) groups excluding carboxylic acids is 2. The van der Waals surface area contributed by atoms with E-state index in [2.05, 4.69) is 5.32 Å². The molecule has 0 spiro atoms. The molecule has 2 aliphatic heterocycles. The number of aryl methyl sites for hydroxylation is 2. The Morgan fingerprint density at radius 3 is 2.78 bits per heavy atom. The van der Waals surface area contributed by atoms with Gasteiger partial charge in [-0.3, -0.25) is 4.90 Å². The zero-order valence-electron chi connectivity index (χ0n) is 15.8. The molecular formula is C21H22N2O4. The van der Waals surface area contributed by atoms with E-state index in [9.17, 15) is 9.59 Å². The number of rotatable bonds is 2. The average molecular weight is 366 g/mol. The summed E-state index contributed by atoms with van der Waals surface area (Å²) < 4.78 is 11.1. The summed E-state index contributed by atoms with van der Waals surface area (Å²) >= 11 is 0. The number of urea groups is 1. The van der Waals surface area contributed by atoms with Crippen LogP contribution in [-0.2, 0) is 4.74 Å². The first-order valence-corrected chi connectivity index (χ1v) is 8.91. The maximum atomic E-state index is 13.0. The molecule has 0 saturated carbocycles. The molecule has 2 amide bonds. The normalized spacial score (nSPS) is 23.2. The van der Waals surface area contributed by atoms with E-state index in [1.54, 1.807) is 23.1 Å². The van der Waals surface area contributed by atoms with Gasteiger partial charge in [-0.15, -0.1) is 0 Å². The number of hydrogen-bond donors (Lipinski definition) is 1. The number of hydrogen-bond acceptors (Lipinski definition) is 4. The van der Waals surface area contributed by atoms with Gasteiger partial charge in [-0.25, -0.2) is 9.59 Å². The van der Waals surface area contributed by atoms with Crippen LogP contribution in [0.4, 0.5) is 10.5 Å². The summed E-state index contributed by atoms with van der Waals surface area (Å²) in [5.41, 5.74) is 3.34. The Hall–Kier alpha value is -3.02. The second-order valence-corrected chi connectivity index (χ2v) is 7.35. The van der Waals surface area contributed by atoms with Gasteiger partial charge in [0.25, 0.3) is 0 Å². The zero-order valence-corrected chi connectivity index (χ0v) is 15.8. The van der Waals surface area contributed by atoms with E-state index >= 15 is 0 Å². The van der Waals surface area contributed by atoms with Gasteiger partial charge in [0, 0.05) is 12.0 Å². The highest BCUT2D eigenvalue weighted by atomic mass is 16.5. The lowest BCUT2D eigenvalue weighted by Crippen LogP contribution is -2.65. The van der Waals surface area contributed by atoms with Crippen LogP contribution in [0, 0.1) is 13.8 Å². The van der Waals surface area contributed by atoms with Crippen molar-refractivity contribution in [1.82, 2.24) is 5.32 Å². The van der Waals surface area contributed by atoms with Crippen molar-refractivity contribution < 1.29 is 19.1 Å². The molecule has 2 aliphatic rings. The quantitative estimate of drug-likeness (QED) is 0.820. The Kier molecular flexibility index (Phi) is 3.87. The van der Waals surface area contributed by atoms with Crippen molar-refractivity contribution in [1.29, 1.82) is 0 Å². The summed E-state index contributed by atoms with van der Waals surface area (Å²) in [5.74, 6) is 0.252. The van der Waals surface area contributed by atoms with E-state index in [0.717, 1.165) is 22.4 Å². The molecule has 0 aromatic heterocycles. The molecule has 27 heavy (non-hydrogen) atoms. The van der Waals surface area contributed by atoms with Gasteiger partial charge < -0.3 is 14.8 Å². The van der Waals surface area contributed by atoms with Gasteiger partial charge in [-0.1, -0.05) is 12.1 Å². The number of anilines is 1. The summed E-state index contributed by atoms with van der Waals surface area (Å²) in [6.45, 7) is 5.91. The highest BCUT2D eigenvalue weighted by molar-refractivity contribution is 5.96. The number of amides is 2. The lowest BCUT2D eigenvalue weighted by atomic mass is 9.89. The van der Waals surface area contributed by atoms with Crippen LogP contribution >= 0.6 is 0 Å². The first-order valence-electron chi connectivity index (χ1n) is 8.91. The summed E-state index contributed by atoms with van der Waals surface area (Å²) in [7, 11) is 1.35. The minimum Gasteiger partial charge on any atom is -0.467 e. The third-order valence-electron chi connectivity index (χ3n) is 5.30. The molecule has 0 radical (unpaired) electrons. The first kappa shape index (κ1) is 17.4. The summed E-state index contributed by atoms with van der Waals surface area (Å²) in [6.07, 6.45) is 0.573. The van der Waals surface area contributed by atoms with Crippen LogP contribution in [0.15, 0.2) is 36.4 Å². The summed E-state index contributed by atoms with van der Waals surface area (Å²) in [5, 5.41) is 3.06. The van der Waals surface area contributed by atoms with E-state index < -0.39 is 11.7 Å². The van der Waals surface area contributed by atoms with E-state index in [0.29, 0.717) is 17.7 Å². The lowest BCUT2D eigenvalue weighted by Gasteiger charge is -2.51. The highest BCUT2D eigenvalue weighted by Gasteiger charge is 2.50. The molecular weight excluding hydrogens is 344 g/mol. The number of nitrogens with zero attached hydrogens (tertiary/aromatic N) is 1. The van der Waals surface area contributed by atoms with Crippen molar-refractivity contribution in [3.05, 3.63) is 58.7 Å².